The van der Waals surface area contributed by atoms with Crippen molar-refractivity contribution in [1.82, 2.24) is 5.32 Å². The number of benzene rings is 1. The molecule has 0 saturated heterocycles. The third kappa shape index (κ3) is 6.04. The Labute approximate surface area is 128 Å². The maximum atomic E-state index is 12.0. The lowest BCUT2D eigenvalue weighted by Crippen LogP contribution is -2.25. The van der Waals surface area contributed by atoms with Crippen LogP contribution in [0.1, 0.15) is 16.8 Å². The molecule has 0 aromatic heterocycles. The van der Waals surface area contributed by atoms with Gasteiger partial charge in [-0.1, -0.05) is 11.6 Å². The second kappa shape index (κ2) is 9.48. The molecule has 1 aromatic carbocycles. The molecular weight excluding hydrogens is 305 g/mol. The number of halogens is 2. The highest BCUT2D eigenvalue weighted by Gasteiger charge is 2.10. The van der Waals surface area contributed by atoms with Gasteiger partial charge in [-0.05, 0) is 30.9 Å². The lowest BCUT2D eigenvalue weighted by molar-refractivity contribution is 0.0944. The molecule has 0 fully saturated rings. The fourth-order valence-corrected chi connectivity index (χ4v) is 2.19. The van der Waals surface area contributed by atoms with E-state index in [1.165, 1.54) is 0 Å². The van der Waals surface area contributed by atoms with Crippen molar-refractivity contribution in [3.8, 4) is 0 Å². The standard InChI is InChI=1S/C13H17Cl2NO2S/c1-19-10-3-4-12(15)11(9-10)13(17)16-6-2-7-18-8-5-14/h3-4,9H,2,5-8H2,1H3,(H,16,17). The van der Waals surface area contributed by atoms with Gasteiger partial charge in [-0.25, -0.2) is 0 Å². The summed E-state index contributed by atoms with van der Waals surface area (Å²) < 4.78 is 5.22. The predicted molar refractivity (Wildman–Crippen MR) is 81.7 cm³/mol. The van der Waals surface area contributed by atoms with Crippen molar-refractivity contribution in [3.05, 3.63) is 28.8 Å². The molecule has 1 amide bonds. The van der Waals surface area contributed by atoms with Crippen molar-refractivity contribution in [2.45, 2.75) is 11.3 Å². The highest BCUT2D eigenvalue weighted by Crippen LogP contribution is 2.22. The molecule has 0 spiro atoms. The van der Waals surface area contributed by atoms with Gasteiger partial charge in [-0.3, -0.25) is 4.79 Å². The van der Waals surface area contributed by atoms with E-state index in [0.29, 0.717) is 36.2 Å². The van der Waals surface area contributed by atoms with Gasteiger partial charge in [0.2, 0.25) is 0 Å². The maximum Gasteiger partial charge on any atom is 0.252 e. The first kappa shape index (κ1) is 16.6. The molecule has 0 radical (unpaired) electrons. The molecular formula is C13H17Cl2NO2S. The molecule has 0 aliphatic carbocycles. The zero-order chi connectivity index (χ0) is 14.1. The van der Waals surface area contributed by atoms with Gasteiger partial charge in [0.25, 0.3) is 5.91 Å². The van der Waals surface area contributed by atoms with Gasteiger partial charge in [0.15, 0.2) is 0 Å². The van der Waals surface area contributed by atoms with Crippen LogP contribution in [-0.2, 0) is 4.74 Å². The van der Waals surface area contributed by atoms with Gasteiger partial charge < -0.3 is 10.1 Å². The van der Waals surface area contributed by atoms with Crippen molar-refractivity contribution in [2.24, 2.45) is 0 Å². The number of hydrogen-bond donors (Lipinski definition) is 1. The zero-order valence-electron chi connectivity index (χ0n) is 10.7. The van der Waals surface area contributed by atoms with Gasteiger partial charge in [-0.15, -0.1) is 23.4 Å². The van der Waals surface area contributed by atoms with Gasteiger partial charge >= 0.3 is 0 Å². The molecule has 0 unspecified atom stereocenters. The van der Waals surface area contributed by atoms with E-state index in [4.69, 9.17) is 27.9 Å². The molecule has 19 heavy (non-hydrogen) atoms. The van der Waals surface area contributed by atoms with Gasteiger partial charge in [0.1, 0.15) is 0 Å². The molecule has 0 atom stereocenters. The summed E-state index contributed by atoms with van der Waals surface area (Å²) in [4.78, 5) is 13.0. The third-order valence-corrected chi connectivity index (χ3v) is 3.60. The van der Waals surface area contributed by atoms with Gasteiger partial charge in [0.05, 0.1) is 17.2 Å². The molecule has 1 aromatic rings. The van der Waals surface area contributed by atoms with Crippen molar-refractivity contribution >= 4 is 40.9 Å². The van der Waals surface area contributed by atoms with E-state index in [2.05, 4.69) is 5.32 Å². The summed E-state index contributed by atoms with van der Waals surface area (Å²) in [6.07, 6.45) is 2.71. The number of carbonyl (C=O) groups is 1. The number of hydrogen-bond acceptors (Lipinski definition) is 3. The van der Waals surface area contributed by atoms with Crippen molar-refractivity contribution < 1.29 is 9.53 Å². The molecule has 3 nitrogen and oxygen atoms in total. The molecule has 0 heterocycles. The monoisotopic (exact) mass is 321 g/mol. The summed E-state index contributed by atoms with van der Waals surface area (Å²) in [7, 11) is 0. The Hall–Kier alpha value is -0.420. The Morgan fingerprint density at radius 1 is 1.42 bits per heavy atom. The first-order valence-electron chi connectivity index (χ1n) is 5.94. The molecule has 106 valence electrons. The molecule has 1 rings (SSSR count). The van der Waals surface area contributed by atoms with Crippen LogP contribution in [0.4, 0.5) is 0 Å². The summed E-state index contributed by atoms with van der Waals surface area (Å²) >= 11 is 13.1. The Balaban J connectivity index is 2.40. The second-order valence-electron chi connectivity index (χ2n) is 3.76. The number of nitrogens with one attached hydrogen (secondary N) is 1. The minimum Gasteiger partial charge on any atom is -0.380 e. The minimum absolute atomic E-state index is 0.154. The quantitative estimate of drug-likeness (QED) is 0.453. The van der Waals surface area contributed by atoms with E-state index >= 15 is 0 Å². The van der Waals surface area contributed by atoms with E-state index in [9.17, 15) is 4.79 Å². The van der Waals surface area contributed by atoms with Gasteiger partial charge in [-0.2, -0.15) is 0 Å². The number of amides is 1. The van der Waals surface area contributed by atoms with Crippen LogP contribution in [0.5, 0.6) is 0 Å². The van der Waals surface area contributed by atoms with Crippen LogP contribution in [0, 0.1) is 0 Å². The van der Waals surface area contributed by atoms with Crippen LogP contribution in [-0.4, -0.2) is 37.8 Å². The maximum absolute atomic E-state index is 12.0. The van der Waals surface area contributed by atoms with Crippen LogP contribution >= 0.6 is 35.0 Å². The molecule has 0 aliphatic heterocycles. The first-order chi connectivity index (χ1) is 9.19. The lowest BCUT2D eigenvalue weighted by atomic mass is 10.2. The second-order valence-corrected chi connectivity index (χ2v) is 5.42. The zero-order valence-corrected chi connectivity index (χ0v) is 13.1. The number of thioether (sulfide) groups is 1. The summed E-state index contributed by atoms with van der Waals surface area (Å²) in [6.45, 7) is 1.68. The van der Waals surface area contributed by atoms with Crippen LogP contribution in [0.2, 0.25) is 5.02 Å². The number of rotatable bonds is 8. The van der Waals surface area contributed by atoms with E-state index in [1.54, 1.807) is 23.9 Å². The van der Waals surface area contributed by atoms with Crippen LogP contribution in [0.25, 0.3) is 0 Å². The smallest absolute Gasteiger partial charge is 0.252 e. The largest absolute Gasteiger partial charge is 0.380 e. The Kier molecular flexibility index (Phi) is 8.30. The molecule has 6 heteroatoms. The first-order valence-corrected chi connectivity index (χ1v) is 8.08. The van der Waals surface area contributed by atoms with Gasteiger partial charge in [0, 0.05) is 23.9 Å². The molecule has 1 N–H and O–H groups in total. The summed E-state index contributed by atoms with van der Waals surface area (Å²) in [5.41, 5.74) is 0.509. The van der Waals surface area contributed by atoms with Crippen LogP contribution < -0.4 is 5.32 Å². The summed E-state index contributed by atoms with van der Waals surface area (Å²) in [5, 5.41) is 3.29. The Bertz CT molecular complexity index is 416. The highest BCUT2D eigenvalue weighted by atomic mass is 35.5. The van der Waals surface area contributed by atoms with E-state index < -0.39 is 0 Å². The van der Waals surface area contributed by atoms with Crippen molar-refractivity contribution in [3.63, 3.8) is 0 Å². The Morgan fingerprint density at radius 2 is 2.21 bits per heavy atom. The highest BCUT2D eigenvalue weighted by molar-refractivity contribution is 7.98. The number of carbonyl (C=O) groups excluding carboxylic acids is 1. The fourth-order valence-electron chi connectivity index (χ4n) is 1.43. The van der Waals surface area contributed by atoms with Crippen molar-refractivity contribution in [2.75, 3.05) is 31.9 Å². The molecule has 0 aliphatic rings. The Morgan fingerprint density at radius 3 is 2.89 bits per heavy atom. The van der Waals surface area contributed by atoms with E-state index in [-0.39, 0.29) is 5.91 Å². The molecule has 0 bridgehead atoms. The fraction of sp³-hybridized carbons (Fsp3) is 0.462. The minimum atomic E-state index is -0.154. The van der Waals surface area contributed by atoms with Crippen LogP contribution in [0.15, 0.2) is 23.1 Å². The lowest BCUT2D eigenvalue weighted by Gasteiger charge is -2.08. The predicted octanol–water partition coefficient (Wildman–Crippen LogP) is 3.44. The number of ether oxygens (including phenoxy) is 1. The van der Waals surface area contributed by atoms with Crippen molar-refractivity contribution in [1.29, 1.82) is 0 Å². The number of alkyl halides is 1. The summed E-state index contributed by atoms with van der Waals surface area (Å²) in [6, 6.07) is 5.43. The van der Waals surface area contributed by atoms with E-state index in [1.807, 2.05) is 12.3 Å². The van der Waals surface area contributed by atoms with Crippen LogP contribution in [0.3, 0.4) is 0 Å². The normalized spacial score (nSPS) is 10.5. The van der Waals surface area contributed by atoms with E-state index in [0.717, 1.165) is 11.3 Å². The third-order valence-electron chi connectivity index (χ3n) is 2.39. The molecule has 0 saturated carbocycles. The SMILES string of the molecule is CSc1ccc(Cl)c(C(=O)NCCCOCCCl)c1. The average molecular weight is 322 g/mol. The topological polar surface area (TPSA) is 38.3 Å². The summed E-state index contributed by atoms with van der Waals surface area (Å²) in [5.74, 6) is 0.335. The average Bonchev–Trinajstić information content (AvgIpc) is 2.43.